The first-order valence-electron chi connectivity index (χ1n) is 4.46. The Labute approximate surface area is 92.7 Å². The Morgan fingerprint density at radius 3 is 2.62 bits per heavy atom. The van der Waals surface area contributed by atoms with E-state index >= 15 is 0 Å². The molecule has 0 aliphatic carbocycles. The molecular formula is C10H16BrNS. The summed E-state index contributed by atoms with van der Waals surface area (Å²) in [5.41, 5.74) is 0.226. The molecule has 0 radical (unpaired) electrons. The quantitative estimate of drug-likeness (QED) is 0.879. The number of nitrogens with one attached hydrogen (secondary N) is 1. The van der Waals surface area contributed by atoms with Crippen LogP contribution in [0.4, 0.5) is 0 Å². The van der Waals surface area contributed by atoms with Crippen LogP contribution in [0.5, 0.6) is 0 Å². The van der Waals surface area contributed by atoms with Crippen LogP contribution >= 0.6 is 27.3 Å². The van der Waals surface area contributed by atoms with Crippen molar-refractivity contribution in [2.45, 2.75) is 32.7 Å². The number of hydrogen-bond donors (Lipinski definition) is 1. The zero-order valence-electron chi connectivity index (χ0n) is 8.36. The molecule has 1 rings (SSSR count). The van der Waals surface area contributed by atoms with Crippen LogP contribution in [0.15, 0.2) is 15.9 Å². The Kier molecular flexibility index (Phi) is 3.95. The van der Waals surface area contributed by atoms with Crippen LogP contribution in [0.3, 0.4) is 0 Å². The van der Waals surface area contributed by atoms with Gasteiger partial charge in [0.25, 0.3) is 0 Å². The molecule has 0 aliphatic rings. The largest absolute Gasteiger partial charge is 0.312 e. The fourth-order valence-electron chi connectivity index (χ4n) is 1.05. The monoisotopic (exact) mass is 261 g/mol. The number of rotatable bonds is 3. The minimum Gasteiger partial charge on any atom is -0.312 e. The van der Waals surface area contributed by atoms with Crippen LogP contribution in [0, 0.1) is 0 Å². The van der Waals surface area contributed by atoms with Gasteiger partial charge in [-0.2, -0.15) is 0 Å². The van der Waals surface area contributed by atoms with Crippen molar-refractivity contribution < 1.29 is 0 Å². The molecule has 0 bridgehead atoms. The molecule has 0 fully saturated rings. The molecule has 0 saturated heterocycles. The van der Waals surface area contributed by atoms with Crippen molar-refractivity contribution in [1.82, 2.24) is 5.32 Å². The summed E-state index contributed by atoms with van der Waals surface area (Å²) >= 11 is 5.34. The van der Waals surface area contributed by atoms with Crippen molar-refractivity contribution in [2.24, 2.45) is 0 Å². The van der Waals surface area contributed by atoms with E-state index in [2.05, 4.69) is 53.5 Å². The highest BCUT2D eigenvalue weighted by Gasteiger charge is 2.08. The van der Waals surface area contributed by atoms with Crippen LogP contribution in [0.1, 0.15) is 25.6 Å². The average molecular weight is 262 g/mol. The molecule has 0 atom stereocenters. The van der Waals surface area contributed by atoms with Gasteiger partial charge in [0.15, 0.2) is 0 Å². The second-order valence-electron chi connectivity index (χ2n) is 4.12. The van der Waals surface area contributed by atoms with Gasteiger partial charge in [-0.25, -0.2) is 0 Å². The average Bonchev–Trinajstić information content (AvgIpc) is 2.34. The topological polar surface area (TPSA) is 12.0 Å². The van der Waals surface area contributed by atoms with Gasteiger partial charge in [0, 0.05) is 21.4 Å². The molecule has 1 aromatic heterocycles. The molecule has 13 heavy (non-hydrogen) atoms. The van der Waals surface area contributed by atoms with Gasteiger partial charge in [-0.1, -0.05) is 0 Å². The van der Waals surface area contributed by atoms with Crippen LogP contribution < -0.4 is 5.32 Å². The van der Waals surface area contributed by atoms with E-state index in [9.17, 15) is 0 Å². The maximum atomic E-state index is 3.53. The molecule has 3 heteroatoms. The molecule has 1 heterocycles. The van der Waals surface area contributed by atoms with E-state index in [-0.39, 0.29) is 5.54 Å². The molecule has 1 nitrogen and oxygen atoms in total. The lowest BCUT2D eigenvalue weighted by Crippen LogP contribution is -2.37. The number of hydrogen-bond acceptors (Lipinski definition) is 2. The van der Waals surface area contributed by atoms with Gasteiger partial charge in [0.2, 0.25) is 0 Å². The predicted octanol–water partition coefficient (Wildman–Crippen LogP) is 3.44. The summed E-state index contributed by atoms with van der Waals surface area (Å²) in [5, 5.41) is 5.59. The van der Waals surface area contributed by atoms with Crippen molar-refractivity contribution in [3.8, 4) is 0 Å². The first-order valence-corrected chi connectivity index (χ1v) is 6.13. The fourth-order valence-corrected chi connectivity index (χ4v) is 2.61. The fraction of sp³-hybridized carbons (Fsp3) is 0.600. The molecule has 1 aromatic rings. The second kappa shape index (κ2) is 4.58. The van der Waals surface area contributed by atoms with E-state index in [1.807, 2.05) is 11.3 Å². The molecule has 0 aromatic carbocycles. The normalized spacial score (nSPS) is 12.0. The standard InChI is InChI=1S/C10H16BrNS/c1-10(2,3)12-6-4-9-8(11)5-7-13-9/h5,7,12H,4,6H2,1-3H3. The maximum absolute atomic E-state index is 3.53. The summed E-state index contributed by atoms with van der Waals surface area (Å²) < 4.78 is 1.24. The van der Waals surface area contributed by atoms with Crippen LogP contribution in [0.25, 0.3) is 0 Å². The van der Waals surface area contributed by atoms with Crippen LogP contribution in [0.2, 0.25) is 0 Å². The minimum atomic E-state index is 0.226. The number of thiophene rings is 1. The lowest BCUT2D eigenvalue weighted by Gasteiger charge is -2.20. The van der Waals surface area contributed by atoms with Crippen molar-refractivity contribution in [2.75, 3.05) is 6.54 Å². The SMILES string of the molecule is CC(C)(C)NCCc1sccc1Br. The van der Waals surface area contributed by atoms with Crippen molar-refractivity contribution in [3.63, 3.8) is 0 Å². The summed E-state index contributed by atoms with van der Waals surface area (Å²) in [6.45, 7) is 7.62. The molecule has 0 unspecified atom stereocenters. The Bertz CT molecular complexity index is 262. The van der Waals surface area contributed by atoms with E-state index in [0.29, 0.717) is 0 Å². The Morgan fingerprint density at radius 2 is 2.15 bits per heavy atom. The Hall–Kier alpha value is 0.140. The predicted molar refractivity (Wildman–Crippen MR) is 63.5 cm³/mol. The first-order chi connectivity index (χ1) is 5.99. The zero-order valence-corrected chi connectivity index (χ0v) is 10.8. The molecule has 0 aliphatic heterocycles. The van der Waals surface area contributed by atoms with E-state index in [1.54, 1.807) is 0 Å². The first kappa shape index (κ1) is 11.2. The summed E-state index contributed by atoms with van der Waals surface area (Å²) in [4.78, 5) is 1.43. The Morgan fingerprint density at radius 1 is 1.46 bits per heavy atom. The van der Waals surface area contributed by atoms with Gasteiger partial charge < -0.3 is 5.32 Å². The van der Waals surface area contributed by atoms with Crippen LogP contribution in [-0.4, -0.2) is 12.1 Å². The lowest BCUT2D eigenvalue weighted by atomic mass is 10.1. The molecular weight excluding hydrogens is 246 g/mol. The minimum absolute atomic E-state index is 0.226. The van der Waals surface area contributed by atoms with Gasteiger partial charge in [0.1, 0.15) is 0 Å². The summed E-state index contributed by atoms with van der Waals surface area (Å²) in [7, 11) is 0. The highest BCUT2D eigenvalue weighted by molar-refractivity contribution is 9.10. The van der Waals surface area contributed by atoms with Gasteiger partial charge in [-0.3, -0.25) is 0 Å². The van der Waals surface area contributed by atoms with Crippen molar-refractivity contribution in [3.05, 3.63) is 20.8 Å². The summed E-state index contributed by atoms with van der Waals surface area (Å²) in [5.74, 6) is 0. The van der Waals surface area contributed by atoms with Gasteiger partial charge in [-0.15, -0.1) is 11.3 Å². The zero-order chi connectivity index (χ0) is 9.90. The summed E-state index contributed by atoms with van der Waals surface area (Å²) in [6, 6.07) is 2.11. The van der Waals surface area contributed by atoms with Gasteiger partial charge in [0.05, 0.1) is 0 Å². The van der Waals surface area contributed by atoms with Gasteiger partial charge >= 0.3 is 0 Å². The van der Waals surface area contributed by atoms with Gasteiger partial charge in [-0.05, 0) is 54.6 Å². The molecule has 1 N–H and O–H groups in total. The third-order valence-electron chi connectivity index (χ3n) is 1.70. The van der Waals surface area contributed by atoms with E-state index < -0.39 is 0 Å². The maximum Gasteiger partial charge on any atom is 0.0314 e. The van der Waals surface area contributed by atoms with E-state index in [0.717, 1.165) is 13.0 Å². The highest BCUT2D eigenvalue weighted by atomic mass is 79.9. The van der Waals surface area contributed by atoms with Crippen LogP contribution in [-0.2, 0) is 6.42 Å². The van der Waals surface area contributed by atoms with Crippen molar-refractivity contribution in [1.29, 1.82) is 0 Å². The third-order valence-corrected chi connectivity index (χ3v) is 3.68. The van der Waals surface area contributed by atoms with E-state index in [1.165, 1.54) is 9.35 Å². The Balaban J connectivity index is 2.32. The molecule has 0 amide bonds. The molecule has 74 valence electrons. The van der Waals surface area contributed by atoms with E-state index in [4.69, 9.17) is 0 Å². The second-order valence-corrected chi connectivity index (χ2v) is 5.97. The smallest absolute Gasteiger partial charge is 0.0314 e. The highest BCUT2D eigenvalue weighted by Crippen LogP contribution is 2.22. The molecule has 0 saturated carbocycles. The summed E-state index contributed by atoms with van der Waals surface area (Å²) in [6.07, 6.45) is 1.11. The molecule has 0 spiro atoms. The lowest BCUT2D eigenvalue weighted by molar-refractivity contribution is 0.430. The third kappa shape index (κ3) is 4.25. The number of halogens is 1. The van der Waals surface area contributed by atoms with Crippen molar-refractivity contribution >= 4 is 27.3 Å².